The van der Waals surface area contributed by atoms with E-state index in [0.29, 0.717) is 36.9 Å². The summed E-state index contributed by atoms with van der Waals surface area (Å²) in [6, 6.07) is 18.2. The first-order chi connectivity index (χ1) is 15.6. The first-order valence-corrected chi connectivity index (χ1v) is 10.3. The van der Waals surface area contributed by atoms with Crippen LogP contribution in [0.5, 0.6) is 11.5 Å². The van der Waals surface area contributed by atoms with E-state index in [1.807, 2.05) is 36.4 Å². The Labute approximate surface area is 186 Å². The van der Waals surface area contributed by atoms with Crippen molar-refractivity contribution in [3.05, 3.63) is 76.6 Å². The zero-order valence-electron chi connectivity index (χ0n) is 18.1. The molecule has 1 aliphatic rings. The van der Waals surface area contributed by atoms with Crippen molar-refractivity contribution in [3.8, 4) is 22.8 Å². The maximum atomic E-state index is 13.0. The van der Waals surface area contributed by atoms with Crippen LogP contribution in [0.1, 0.15) is 11.7 Å². The predicted molar refractivity (Wildman–Crippen MR) is 119 cm³/mol. The molecule has 166 valence electrons. The summed E-state index contributed by atoms with van der Waals surface area (Å²) in [6.07, 6.45) is -0.184. The normalized spacial score (nSPS) is 15.9. The van der Waals surface area contributed by atoms with Gasteiger partial charge in [-0.05, 0) is 29.8 Å². The van der Waals surface area contributed by atoms with Gasteiger partial charge in [0.15, 0.2) is 11.5 Å². The first kappa shape index (κ1) is 21.6. The summed E-state index contributed by atoms with van der Waals surface area (Å²) in [6.45, 7) is 1.22. The molecule has 8 heteroatoms. The van der Waals surface area contributed by atoms with Crippen LogP contribution >= 0.6 is 0 Å². The van der Waals surface area contributed by atoms with Crippen LogP contribution in [-0.4, -0.2) is 54.5 Å². The van der Waals surface area contributed by atoms with E-state index in [0.717, 1.165) is 11.1 Å². The molecular formula is C24H25N3O5. The van der Waals surface area contributed by atoms with Crippen molar-refractivity contribution in [2.45, 2.75) is 12.6 Å². The lowest BCUT2D eigenvalue weighted by Crippen LogP contribution is -2.44. The molecule has 32 heavy (non-hydrogen) atoms. The molecule has 0 N–H and O–H groups in total. The fourth-order valence-corrected chi connectivity index (χ4v) is 3.68. The van der Waals surface area contributed by atoms with E-state index in [1.54, 1.807) is 37.3 Å². The fraction of sp³-hybridized carbons (Fsp3) is 0.292. The van der Waals surface area contributed by atoms with Crippen LogP contribution in [0.2, 0.25) is 0 Å². The highest BCUT2D eigenvalue weighted by molar-refractivity contribution is 5.76. The van der Waals surface area contributed by atoms with E-state index in [4.69, 9.17) is 14.2 Å². The highest BCUT2D eigenvalue weighted by atomic mass is 16.5. The van der Waals surface area contributed by atoms with Crippen LogP contribution in [0.4, 0.5) is 0 Å². The predicted octanol–water partition coefficient (Wildman–Crippen LogP) is 2.53. The van der Waals surface area contributed by atoms with E-state index in [9.17, 15) is 9.59 Å². The Bertz CT molecular complexity index is 1150. The summed E-state index contributed by atoms with van der Waals surface area (Å²) in [5, 5.41) is 4.41. The third-order valence-electron chi connectivity index (χ3n) is 5.42. The minimum absolute atomic E-state index is 0.137. The molecule has 2 heterocycles. The summed E-state index contributed by atoms with van der Waals surface area (Å²) in [4.78, 5) is 27.1. The minimum Gasteiger partial charge on any atom is -0.493 e. The molecule has 0 unspecified atom stereocenters. The molecule has 1 aromatic heterocycles. The Kier molecular flexibility index (Phi) is 6.51. The summed E-state index contributed by atoms with van der Waals surface area (Å²) in [5.74, 6) is 0.981. The van der Waals surface area contributed by atoms with Crippen molar-refractivity contribution in [1.29, 1.82) is 0 Å². The Morgan fingerprint density at radius 2 is 1.84 bits per heavy atom. The van der Waals surface area contributed by atoms with Gasteiger partial charge in [0.25, 0.3) is 5.56 Å². The molecule has 0 bridgehead atoms. The molecule has 1 saturated heterocycles. The zero-order valence-corrected chi connectivity index (χ0v) is 18.1. The van der Waals surface area contributed by atoms with E-state index in [1.165, 1.54) is 10.7 Å². The molecule has 0 spiro atoms. The van der Waals surface area contributed by atoms with Gasteiger partial charge >= 0.3 is 0 Å². The second-order valence-corrected chi connectivity index (χ2v) is 7.39. The molecule has 1 aliphatic heterocycles. The summed E-state index contributed by atoms with van der Waals surface area (Å²) in [7, 11) is 3.12. The maximum absolute atomic E-state index is 13.0. The number of hydrogen-bond acceptors (Lipinski definition) is 6. The lowest BCUT2D eigenvalue weighted by atomic mass is 10.1. The van der Waals surface area contributed by atoms with Gasteiger partial charge < -0.3 is 19.1 Å². The van der Waals surface area contributed by atoms with Crippen LogP contribution in [0.3, 0.4) is 0 Å². The van der Waals surface area contributed by atoms with Gasteiger partial charge in [-0.15, -0.1) is 0 Å². The quantitative estimate of drug-likeness (QED) is 0.592. The van der Waals surface area contributed by atoms with Crippen LogP contribution in [-0.2, 0) is 16.1 Å². The zero-order chi connectivity index (χ0) is 22.5. The monoisotopic (exact) mass is 435 g/mol. The number of benzene rings is 2. The summed E-state index contributed by atoms with van der Waals surface area (Å²) >= 11 is 0. The number of nitrogens with zero attached hydrogens (tertiary/aromatic N) is 3. The Balaban J connectivity index is 1.52. The molecule has 8 nitrogen and oxygen atoms in total. The number of aromatic nitrogens is 2. The van der Waals surface area contributed by atoms with Crippen molar-refractivity contribution in [1.82, 2.24) is 14.7 Å². The second-order valence-electron chi connectivity index (χ2n) is 7.39. The topological polar surface area (TPSA) is 82.9 Å². The Morgan fingerprint density at radius 3 is 2.59 bits per heavy atom. The van der Waals surface area contributed by atoms with Crippen LogP contribution < -0.4 is 15.0 Å². The molecule has 0 aliphatic carbocycles. The van der Waals surface area contributed by atoms with E-state index >= 15 is 0 Å². The number of morpholine rings is 1. The van der Waals surface area contributed by atoms with E-state index in [-0.39, 0.29) is 24.1 Å². The molecule has 2 aromatic carbocycles. The molecule has 4 rings (SSSR count). The molecular weight excluding hydrogens is 410 g/mol. The van der Waals surface area contributed by atoms with Gasteiger partial charge in [0, 0.05) is 18.2 Å². The smallest absolute Gasteiger partial charge is 0.267 e. The molecule has 1 amide bonds. The summed E-state index contributed by atoms with van der Waals surface area (Å²) < 4.78 is 17.6. The van der Waals surface area contributed by atoms with Crippen LogP contribution in [0.25, 0.3) is 11.3 Å². The van der Waals surface area contributed by atoms with Gasteiger partial charge in [0.1, 0.15) is 12.6 Å². The van der Waals surface area contributed by atoms with Gasteiger partial charge in [0.2, 0.25) is 5.91 Å². The number of rotatable bonds is 6. The van der Waals surface area contributed by atoms with Crippen molar-refractivity contribution in [2.75, 3.05) is 33.9 Å². The summed E-state index contributed by atoms with van der Waals surface area (Å²) in [5.41, 5.74) is 1.99. The molecule has 1 atom stereocenters. The maximum Gasteiger partial charge on any atom is 0.267 e. The number of ether oxygens (including phenoxy) is 3. The third-order valence-corrected chi connectivity index (χ3v) is 5.42. The van der Waals surface area contributed by atoms with E-state index in [2.05, 4.69) is 5.10 Å². The molecule has 0 saturated carbocycles. The number of hydrogen-bond donors (Lipinski definition) is 0. The highest BCUT2D eigenvalue weighted by Gasteiger charge is 2.25. The van der Waals surface area contributed by atoms with Gasteiger partial charge in [-0.25, -0.2) is 4.68 Å². The largest absolute Gasteiger partial charge is 0.493 e. The van der Waals surface area contributed by atoms with Crippen LogP contribution in [0, 0.1) is 0 Å². The van der Waals surface area contributed by atoms with Gasteiger partial charge in [-0.3, -0.25) is 9.59 Å². The third kappa shape index (κ3) is 4.65. The first-order valence-electron chi connectivity index (χ1n) is 10.3. The Morgan fingerprint density at radius 1 is 1.06 bits per heavy atom. The minimum atomic E-state index is -0.338. The van der Waals surface area contributed by atoms with Crippen molar-refractivity contribution in [2.24, 2.45) is 0 Å². The molecule has 1 fully saturated rings. The van der Waals surface area contributed by atoms with E-state index < -0.39 is 0 Å². The van der Waals surface area contributed by atoms with Crippen molar-refractivity contribution in [3.63, 3.8) is 0 Å². The number of methoxy groups -OCH3 is 2. The lowest BCUT2D eigenvalue weighted by Gasteiger charge is -2.33. The molecule has 3 aromatic rings. The van der Waals surface area contributed by atoms with Crippen molar-refractivity contribution < 1.29 is 19.0 Å². The van der Waals surface area contributed by atoms with Crippen LogP contribution in [0.15, 0.2) is 65.5 Å². The standard InChI is InChI=1S/C24H25N3O5/c1-30-20-10-8-18(14-21(20)31-2)19-9-11-23(28)27(25-19)16-24(29)26-12-13-32-22(15-26)17-6-4-3-5-7-17/h3-11,14,22H,12-13,15-16H2,1-2H3/t22-/m0/s1. The van der Waals surface area contributed by atoms with Gasteiger partial charge in [-0.1, -0.05) is 30.3 Å². The number of carbonyl (C=O) groups excluding carboxylic acids is 1. The van der Waals surface area contributed by atoms with Gasteiger partial charge in [-0.2, -0.15) is 5.10 Å². The lowest BCUT2D eigenvalue weighted by molar-refractivity contribution is -0.139. The van der Waals surface area contributed by atoms with Gasteiger partial charge in [0.05, 0.1) is 33.1 Å². The highest BCUT2D eigenvalue weighted by Crippen LogP contribution is 2.31. The fourth-order valence-electron chi connectivity index (χ4n) is 3.68. The average molecular weight is 435 g/mol. The number of amides is 1. The van der Waals surface area contributed by atoms with Crippen molar-refractivity contribution >= 4 is 5.91 Å². The Hall–Kier alpha value is -3.65. The SMILES string of the molecule is COc1ccc(-c2ccc(=O)n(CC(=O)N3CCO[C@H](c4ccccc4)C3)n2)cc1OC. The second kappa shape index (κ2) is 9.65. The molecule has 0 radical (unpaired) electrons. The average Bonchev–Trinajstić information content (AvgIpc) is 2.85. The number of carbonyl (C=O) groups is 1.